The Kier molecular flexibility index (Phi) is 13.2. The largest absolute Gasteiger partial charge is 0.489 e. The van der Waals surface area contributed by atoms with E-state index in [1.165, 1.54) is 43.6 Å². The first kappa shape index (κ1) is 48.8. The lowest BCUT2D eigenvalue weighted by atomic mass is 10.1. The molecule has 0 bridgehead atoms. The molecule has 0 spiro atoms. The first-order valence-electron chi connectivity index (χ1n) is 26.3. The Morgan fingerprint density at radius 1 is 0.338 bits per heavy atom. The Morgan fingerprint density at radius 2 is 0.725 bits per heavy atom. The summed E-state index contributed by atoms with van der Waals surface area (Å²) in [6.07, 6.45) is 3.65. The van der Waals surface area contributed by atoms with Gasteiger partial charge >= 0.3 is 0 Å². The first-order chi connectivity index (χ1) is 39.5. The summed E-state index contributed by atoms with van der Waals surface area (Å²) in [7, 11) is 0. The lowest BCUT2D eigenvalue weighted by Gasteiger charge is -2.08. The maximum Gasteiger partial charge on any atom is 0.248 e. The molecule has 384 valence electrons. The zero-order chi connectivity index (χ0) is 53.8. The van der Waals surface area contributed by atoms with E-state index in [4.69, 9.17) is 18.3 Å². The summed E-state index contributed by atoms with van der Waals surface area (Å²) in [5.41, 5.74) is 14.5. The van der Waals surface area contributed by atoms with Gasteiger partial charge in [-0.15, -0.1) is 20.4 Å². The maximum atomic E-state index is 6.08. The first-order valence-corrected chi connectivity index (χ1v) is 26.3. The zero-order valence-corrected chi connectivity index (χ0v) is 43.4. The monoisotopic (exact) mass is 1040 g/mol. The fraction of sp³-hybridized carbons (Fsp3) is 0.0286. The van der Waals surface area contributed by atoms with E-state index in [0.29, 0.717) is 36.8 Å². The van der Waals surface area contributed by atoms with E-state index >= 15 is 0 Å². The van der Waals surface area contributed by atoms with Gasteiger partial charge in [0.1, 0.15) is 24.7 Å². The highest BCUT2D eigenvalue weighted by Gasteiger charge is 2.17. The Balaban J connectivity index is 0.000000151. The number of hydrogen-bond donors (Lipinski definition) is 0. The van der Waals surface area contributed by atoms with E-state index in [0.717, 1.165) is 67.4 Å². The Morgan fingerprint density at radius 3 is 1.15 bits per heavy atom. The van der Waals surface area contributed by atoms with Crippen molar-refractivity contribution >= 4 is 55.8 Å². The van der Waals surface area contributed by atoms with Crippen LogP contribution >= 0.6 is 0 Å². The molecule has 0 atom stereocenters. The fourth-order valence-electron chi connectivity index (χ4n) is 10.2. The predicted octanol–water partition coefficient (Wildman–Crippen LogP) is 17.4. The predicted molar refractivity (Wildman–Crippen MR) is 321 cm³/mol. The van der Waals surface area contributed by atoms with E-state index in [-0.39, 0.29) is 0 Å². The number of aromatic nitrogens is 6. The third-order valence-electron chi connectivity index (χ3n) is 14.1. The van der Waals surface area contributed by atoms with Crippen molar-refractivity contribution in [3.05, 3.63) is 278 Å². The summed E-state index contributed by atoms with van der Waals surface area (Å²) in [4.78, 5) is 0. The van der Waals surface area contributed by atoms with Crippen molar-refractivity contribution in [2.24, 2.45) is 0 Å². The van der Waals surface area contributed by atoms with Gasteiger partial charge in [0, 0.05) is 55.2 Å². The van der Waals surface area contributed by atoms with Gasteiger partial charge < -0.3 is 27.4 Å². The van der Waals surface area contributed by atoms with Crippen LogP contribution in [0.15, 0.2) is 265 Å². The zero-order valence-electron chi connectivity index (χ0n) is 43.4. The molecule has 0 saturated carbocycles. The van der Waals surface area contributed by atoms with Gasteiger partial charge in [0.05, 0.1) is 22.1 Å². The fourth-order valence-corrected chi connectivity index (χ4v) is 10.2. The number of para-hydroxylation sites is 4. The second-order valence-electron chi connectivity index (χ2n) is 19.2. The van der Waals surface area contributed by atoms with Crippen LogP contribution in [0.5, 0.6) is 11.5 Å². The number of fused-ring (bicyclic) bond motifs is 6. The smallest absolute Gasteiger partial charge is 0.248 e. The van der Waals surface area contributed by atoms with Gasteiger partial charge in [-0.25, -0.2) is 0 Å². The van der Waals surface area contributed by atoms with Gasteiger partial charge in [0.25, 0.3) is 0 Å². The summed E-state index contributed by atoms with van der Waals surface area (Å²) in [6.45, 7) is 8.55. The minimum absolute atomic E-state index is 0.445. The third kappa shape index (κ3) is 9.80. The molecule has 10 heteroatoms. The molecule has 0 aliphatic rings. The highest BCUT2D eigenvalue weighted by molar-refractivity contribution is 6.10. The van der Waals surface area contributed by atoms with Crippen molar-refractivity contribution in [1.82, 2.24) is 29.5 Å². The van der Waals surface area contributed by atoms with Gasteiger partial charge in [0.15, 0.2) is 0 Å². The summed E-state index contributed by atoms with van der Waals surface area (Å²) in [6, 6.07) is 82.0. The average molecular weight is 1040 g/mol. The number of benzene rings is 10. The number of hydrogen-bond acceptors (Lipinski definition) is 8. The molecule has 0 amide bonds. The maximum absolute atomic E-state index is 6.08. The van der Waals surface area contributed by atoms with Crippen molar-refractivity contribution in [3.63, 3.8) is 0 Å². The molecule has 0 unspecified atom stereocenters. The number of ether oxygens (including phenoxy) is 2. The summed E-state index contributed by atoms with van der Waals surface area (Å²) in [5, 5.41) is 22.2. The molecule has 14 rings (SSSR count). The standard InChI is InChI=1S/2C35H25N3O2/c1-2-24-9-7-10-25(21-24)23-39-29-12-8-11-27(22-29)35-37-36-34(40-35)26-17-19-28(20-18-26)38-32-15-5-3-13-30(32)31-14-4-6-16-33(31)38;1-2-24-14-16-25(17-15-24)23-39-29-9-7-8-27(22-29)35-37-36-34(40-35)26-18-20-28(21-19-26)38-32-12-5-3-10-30(32)31-11-4-6-13-33(31)38/h2*2-22H,1,23H2. The van der Waals surface area contributed by atoms with Gasteiger partial charge in [-0.1, -0.05) is 153 Å². The summed E-state index contributed by atoms with van der Waals surface area (Å²) in [5.74, 6) is 3.30. The SMILES string of the molecule is C=Cc1ccc(COc2cccc(-c3nnc(-c4ccc(-n5c6ccccc6c6ccccc65)cc4)o3)c2)cc1.C=Cc1cccc(COc2cccc(-c3nnc(-c4ccc(-n5c6ccccc6c6ccccc65)cc4)o3)c2)c1. The van der Waals surface area contributed by atoms with E-state index < -0.39 is 0 Å². The van der Waals surface area contributed by atoms with Crippen molar-refractivity contribution in [2.75, 3.05) is 0 Å². The van der Waals surface area contributed by atoms with Crippen molar-refractivity contribution < 1.29 is 18.3 Å². The van der Waals surface area contributed by atoms with E-state index in [2.05, 4.69) is 170 Å². The third-order valence-corrected chi connectivity index (χ3v) is 14.1. The van der Waals surface area contributed by atoms with Crippen LogP contribution in [0.4, 0.5) is 0 Å². The molecule has 0 aliphatic heterocycles. The highest BCUT2D eigenvalue weighted by atomic mass is 16.5. The van der Waals surface area contributed by atoms with Gasteiger partial charge in [-0.05, 0) is 138 Å². The van der Waals surface area contributed by atoms with Crippen LogP contribution in [0.25, 0.3) is 113 Å². The molecule has 0 saturated heterocycles. The molecule has 10 aromatic carbocycles. The van der Waals surface area contributed by atoms with Crippen LogP contribution in [0.2, 0.25) is 0 Å². The van der Waals surface area contributed by atoms with E-state index in [1.54, 1.807) is 0 Å². The normalized spacial score (nSPS) is 11.2. The van der Waals surface area contributed by atoms with Gasteiger partial charge in [-0.3, -0.25) is 0 Å². The summed E-state index contributed by atoms with van der Waals surface area (Å²) >= 11 is 0. The molecule has 10 nitrogen and oxygen atoms in total. The van der Waals surface area contributed by atoms with Crippen LogP contribution < -0.4 is 9.47 Å². The molecule has 0 aliphatic carbocycles. The van der Waals surface area contributed by atoms with E-state index in [9.17, 15) is 0 Å². The number of nitrogens with zero attached hydrogens (tertiary/aromatic N) is 6. The molecule has 14 aromatic rings. The molecular formula is C70H50N6O4. The van der Waals surface area contributed by atoms with Gasteiger partial charge in [0.2, 0.25) is 23.6 Å². The van der Waals surface area contributed by atoms with Crippen molar-refractivity contribution in [2.45, 2.75) is 13.2 Å². The topological polar surface area (TPSA) is 106 Å². The van der Waals surface area contributed by atoms with Crippen LogP contribution in [0.1, 0.15) is 22.3 Å². The lowest BCUT2D eigenvalue weighted by Crippen LogP contribution is -1.95. The minimum atomic E-state index is 0.445. The van der Waals surface area contributed by atoms with Crippen LogP contribution in [-0.2, 0) is 13.2 Å². The molecule has 4 heterocycles. The minimum Gasteiger partial charge on any atom is -0.489 e. The Hall–Kier alpha value is -10.8. The second kappa shape index (κ2) is 21.7. The van der Waals surface area contributed by atoms with Crippen LogP contribution in [0, 0.1) is 0 Å². The second-order valence-corrected chi connectivity index (χ2v) is 19.2. The van der Waals surface area contributed by atoms with Gasteiger partial charge in [-0.2, -0.15) is 0 Å². The van der Waals surface area contributed by atoms with Crippen LogP contribution in [-0.4, -0.2) is 29.5 Å². The highest BCUT2D eigenvalue weighted by Crippen LogP contribution is 2.36. The van der Waals surface area contributed by atoms with E-state index in [1.807, 2.05) is 127 Å². The molecule has 4 aromatic heterocycles. The van der Waals surface area contributed by atoms with Crippen molar-refractivity contribution in [3.8, 4) is 68.7 Å². The summed E-state index contributed by atoms with van der Waals surface area (Å²) < 4.78 is 28.8. The quantitative estimate of drug-likeness (QED) is 0.106. The van der Waals surface area contributed by atoms with Crippen molar-refractivity contribution in [1.29, 1.82) is 0 Å². The molecule has 0 radical (unpaired) electrons. The number of rotatable bonds is 14. The Labute approximate surface area is 461 Å². The molecule has 80 heavy (non-hydrogen) atoms. The molecule has 0 N–H and O–H groups in total. The molecular weight excluding hydrogens is 989 g/mol. The Bertz CT molecular complexity index is 4420. The molecule has 0 fully saturated rings. The average Bonchev–Trinajstić information content (AvgIpc) is 4.40. The van der Waals surface area contributed by atoms with Crippen LogP contribution in [0.3, 0.4) is 0 Å². The lowest BCUT2D eigenvalue weighted by molar-refractivity contribution is 0.306.